The Morgan fingerprint density at radius 1 is 0.446 bits per heavy atom. The SMILES string of the molecule is CCCCCCC1SSC(CCCCCC)C(CCCCCCCc2cccc(OC(=O)CC)c2)SSC1CCCCCCCc1cccc(OC(=O)CC)c1. The summed E-state index contributed by atoms with van der Waals surface area (Å²) in [5, 5.41) is 3.03. The number of hydrogen-bond donors (Lipinski definition) is 0. The molecule has 1 aliphatic heterocycles. The third kappa shape index (κ3) is 21.7. The summed E-state index contributed by atoms with van der Waals surface area (Å²) in [5.74, 6) is 1.02. The summed E-state index contributed by atoms with van der Waals surface area (Å²) in [7, 11) is 9.16. The van der Waals surface area contributed by atoms with Gasteiger partial charge in [-0.2, -0.15) is 0 Å². The van der Waals surface area contributed by atoms with Crippen LogP contribution in [0.4, 0.5) is 0 Å². The monoisotopic (exact) mass is 844 g/mol. The number of benzene rings is 2. The average Bonchev–Trinajstić information content (AvgIpc) is 3.20. The Morgan fingerprint density at radius 3 is 1.11 bits per heavy atom. The van der Waals surface area contributed by atoms with Crippen LogP contribution in [0.5, 0.6) is 11.5 Å². The molecule has 0 radical (unpaired) electrons. The van der Waals surface area contributed by atoms with Crippen molar-refractivity contribution in [2.45, 2.75) is 216 Å². The van der Waals surface area contributed by atoms with Crippen LogP contribution in [0.1, 0.15) is 193 Å². The fourth-order valence-corrected chi connectivity index (χ4v) is 16.0. The van der Waals surface area contributed by atoms with Gasteiger partial charge in [-0.1, -0.05) is 198 Å². The third-order valence-corrected chi connectivity index (χ3v) is 18.3. The summed E-state index contributed by atoms with van der Waals surface area (Å²) in [6.45, 7) is 8.33. The highest BCUT2D eigenvalue weighted by Crippen LogP contribution is 2.52. The van der Waals surface area contributed by atoms with Gasteiger partial charge >= 0.3 is 11.9 Å². The highest BCUT2D eigenvalue weighted by Gasteiger charge is 2.32. The molecule has 2 aromatic rings. The Labute approximate surface area is 358 Å². The first-order valence-electron chi connectivity index (χ1n) is 22.7. The first-order chi connectivity index (χ1) is 27.4. The van der Waals surface area contributed by atoms with Gasteiger partial charge in [0.1, 0.15) is 11.5 Å². The highest BCUT2D eigenvalue weighted by atomic mass is 33.1. The van der Waals surface area contributed by atoms with Crippen molar-refractivity contribution in [2.75, 3.05) is 0 Å². The molecule has 0 bridgehead atoms. The number of esters is 2. The molecular formula is C48H76O4S4. The van der Waals surface area contributed by atoms with Gasteiger partial charge in [0.15, 0.2) is 0 Å². The number of carbonyl (C=O) groups excluding carboxylic acids is 2. The molecule has 1 saturated heterocycles. The van der Waals surface area contributed by atoms with E-state index >= 15 is 0 Å². The van der Waals surface area contributed by atoms with Gasteiger partial charge in [-0.25, -0.2) is 0 Å². The molecule has 316 valence electrons. The summed E-state index contributed by atoms with van der Waals surface area (Å²) < 4.78 is 10.9. The van der Waals surface area contributed by atoms with E-state index in [-0.39, 0.29) is 11.9 Å². The zero-order valence-electron chi connectivity index (χ0n) is 35.6. The number of unbranched alkanes of at least 4 members (excludes halogenated alkanes) is 14. The summed E-state index contributed by atoms with van der Waals surface area (Å²) in [4.78, 5) is 23.4. The van der Waals surface area contributed by atoms with Gasteiger partial charge in [0, 0.05) is 33.8 Å². The molecule has 0 spiro atoms. The van der Waals surface area contributed by atoms with Crippen LogP contribution in [0.15, 0.2) is 48.5 Å². The maximum atomic E-state index is 11.7. The topological polar surface area (TPSA) is 52.6 Å². The Hall–Kier alpha value is -1.22. The van der Waals surface area contributed by atoms with Crippen LogP contribution in [0.25, 0.3) is 0 Å². The molecule has 3 rings (SSSR count). The maximum Gasteiger partial charge on any atom is 0.310 e. The molecule has 1 heterocycles. The zero-order valence-corrected chi connectivity index (χ0v) is 38.8. The number of carbonyl (C=O) groups is 2. The van der Waals surface area contributed by atoms with Gasteiger partial charge < -0.3 is 9.47 Å². The van der Waals surface area contributed by atoms with Crippen molar-refractivity contribution in [3.05, 3.63) is 59.7 Å². The van der Waals surface area contributed by atoms with Crippen molar-refractivity contribution in [2.24, 2.45) is 0 Å². The summed E-state index contributed by atoms with van der Waals surface area (Å²) in [5.41, 5.74) is 2.53. The van der Waals surface area contributed by atoms with E-state index in [1.807, 2.05) is 50.2 Å². The molecular weight excluding hydrogens is 769 g/mol. The second-order valence-electron chi connectivity index (χ2n) is 15.8. The number of ether oxygens (including phenoxy) is 2. The Kier molecular flexibility index (Phi) is 27.8. The molecule has 56 heavy (non-hydrogen) atoms. The van der Waals surface area contributed by atoms with E-state index in [2.05, 4.69) is 69.2 Å². The van der Waals surface area contributed by atoms with E-state index in [1.54, 1.807) is 0 Å². The Bertz CT molecular complexity index is 1220. The van der Waals surface area contributed by atoms with Gasteiger partial charge in [0.2, 0.25) is 0 Å². The van der Waals surface area contributed by atoms with Crippen molar-refractivity contribution < 1.29 is 19.1 Å². The lowest BCUT2D eigenvalue weighted by molar-refractivity contribution is -0.134. The average molecular weight is 845 g/mol. The Balaban J connectivity index is 1.46. The lowest BCUT2D eigenvalue weighted by Gasteiger charge is -2.35. The minimum atomic E-state index is -0.169. The molecule has 0 aliphatic carbocycles. The molecule has 4 nitrogen and oxygen atoms in total. The van der Waals surface area contributed by atoms with Crippen LogP contribution in [-0.2, 0) is 22.4 Å². The van der Waals surface area contributed by atoms with Crippen LogP contribution in [0, 0.1) is 0 Å². The summed E-state index contributed by atoms with van der Waals surface area (Å²) in [6, 6.07) is 16.2. The number of rotatable bonds is 30. The zero-order chi connectivity index (χ0) is 40.1. The largest absolute Gasteiger partial charge is 0.427 e. The van der Waals surface area contributed by atoms with Gasteiger partial charge in [0.05, 0.1) is 0 Å². The van der Waals surface area contributed by atoms with E-state index in [0.717, 1.165) is 33.8 Å². The van der Waals surface area contributed by atoms with E-state index in [0.29, 0.717) is 24.3 Å². The predicted molar refractivity (Wildman–Crippen MR) is 251 cm³/mol. The lowest BCUT2D eigenvalue weighted by Crippen LogP contribution is -2.26. The Morgan fingerprint density at radius 2 is 0.768 bits per heavy atom. The van der Waals surface area contributed by atoms with Crippen molar-refractivity contribution >= 4 is 55.1 Å². The van der Waals surface area contributed by atoms with Gasteiger partial charge in [-0.3, -0.25) is 9.59 Å². The van der Waals surface area contributed by atoms with E-state index in [4.69, 9.17) is 9.47 Å². The molecule has 0 saturated carbocycles. The van der Waals surface area contributed by atoms with Crippen LogP contribution < -0.4 is 9.47 Å². The van der Waals surface area contributed by atoms with Crippen molar-refractivity contribution in [1.82, 2.24) is 0 Å². The maximum absolute atomic E-state index is 11.7. The number of aryl methyl sites for hydroxylation is 2. The number of hydrogen-bond acceptors (Lipinski definition) is 8. The van der Waals surface area contributed by atoms with Gasteiger partial charge in [-0.05, 0) is 86.8 Å². The van der Waals surface area contributed by atoms with Crippen LogP contribution in [0.2, 0.25) is 0 Å². The van der Waals surface area contributed by atoms with Crippen LogP contribution >= 0.6 is 43.2 Å². The summed E-state index contributed by atoms with van der Waals surface area (Å²) >= 11 is 0. The van der Waals surface area contributed by atoms with Crippen molar-refractivity contribution in [3.63, 3.8) is 0 Å². The normalized spacial score (nSPS) is 18.6. The molecule has 4 atom stereocenters. The minimum absolute atomic E-state index is 0.169. The second-order valence-corrected chi connectivity index (χ2v) is 21.3. The molecule has 0 N–H and O–H groups in total. The lowest BCUT2D eigenvalue weighted by atomic mass is 10.0. The fraction of sp³-hybridized carbons (Fsp3) is 0.708. The predicted octanol–water partition coefficient (Wildman–Crippen LogP) is 16.0. The second kappa shape index (κ2) is 31.7. The molecule has 0 amide bonds. The molecule has 0 aromatic heterocycles. The molecule has 1 aliphatic rings. The van der Waals surface area contributed by atoms with E-state index < -0.39 is 0 Å². The highest BCUT2D eigenvalue weighted by molar-refractivity contribution is 8.80. The molecule has 1 fully saturated rings. The van der Waals surface area contributed by atoms with E-state index in [1.165, 1.54) is 152 Å². The van der Waals surface area contributed by atoms with Crippen LogP contribution in [-0.4, -0.2) is 32.9 Å². The third-order valence-electron chi connectivity index (χ3n) is 10.9. The minimum Gasteiger partial charge on any atom is -0.427 e. The molecule has 8 heteroatoms. The first-order valence-corrected chi connectivity index (χ1v) is 27.2. The van der Waals surface area contributed by atoms with E-state index in [9.17, 15) is 9.59 Å². The van der Waals surface area contributed by atoms with Crippen molar-refractivity contribution in [3.8, 4) is 11.5 Å². The smallest absolute Gasteiger partial charge is 0.310 e. The summed E-state index contributed by atoms with van der Waals surface area (Å²) in [6.07, 6.45) is 32.2. The molecule has 4 unspecified atom stereocenters. The van der Waals surface area contributed by atoms with Crippen LogP contribution in [0.3, 0.4) is 0 Å². The van der Waals surface area contributed by atoms with Crippen molar-refractivity contribution in [1.29, 1.82) is 0 Å². The standard InChI is InChI=1S/C48H76O4S4/c1-5-9-11-21-33-43-45(35-23-17-13-15-19-27-39-29-25-31-41(37-39)51-47(49)7-3)55-56-46(44(54-53-43)34-22-12-10-6-2)36-24-18-14-16-20-28-40-30-26-32-42(38-40)52-48(50)8-4/h25-26,29-32,37-38,43-46H,5-24,27-28,33-36H2,1-4H3. The van der Waals surface area contributed by atoms with Gasteiger partial charge in [0.25, 0.3) is 0 Å². The van der Waals surface area contributed by atoms with Gasteiger partial charge in [-0.15, -0.1) is 0 Å². The quantitative estimate of drug-likeness (QED) is 0.0334. The molecule has 2 aromatic carbocycles. The fourth-order valence-electron chi connectivity index (χ4n) is 7.36. The first kappa shape index (κ1) is 49.1.